The van der Waals surface area contributed by atoms with Crippen molar-refractivity contribution in [3.05, 3.63) is 59.3 Å². The lowest BCUT2D eigenvalue weighted by atomic mass is 10.2. The molecule has 2 heterocycles. The highest BCUT2D eigenvalue weighted by molar-refractivity contribution is 6.30. The Hall–Kier alpha value is -1.94. The van der Waals surface area contributed by atoms with Gasteiger partial charge in [0.1, 0.15) is 5.82 Å². The maximum Gasteiger partial charge on any atom is 0.177 e. The van der Waals surface area contributed by atoms with Crippen molar-refractivity contribution >= 4 is 22.8 Å². The number of hydrogen-bond acceptors (Lipinski definition) is 2. The second kappa shape index (κ2) is 4.38. The Labute approximate surface area is 108 Å². The molecular weight excluding hydrogens is 253 g/mol. The van der Waals surface area contributed by atoms with Crippen LogP contribution in [-0.4, -0.2) is 14.5 Å². The molecule has 0 aliphatic rings. The summed E-state index contributed by atoms with van der Waals surface area (Å²) in [6.07, 6.45) is 3.42. The van der Waals surface area contributed by atoms with E-state index in [1.54, 1.807) is 24.7 Å². The molecule has 90 valence electrons. The fraction of sp³-hybridized carbons (Fsp3) is 0.0769. The highest BCUT2D eigenvalue weighted by Gasteiger charge is 2.05. The van der Waals surface area contributed by atoms with Crippen molar-refractivity contribution in [1.82, 2.24) is 14.5 Å². The molecule has 5 heteroatoms. The molecule has 3 aromatic rings. The Morgan fingerprint density at radius 2 is 2.11 bits per heavy atom. The van der Waals surface area contributed by atoms with E-state index in [0.717, 1.165) is 11.1 Å². The first-order valence-corrected chi connectivity index (χ1v) is 5.81. The number of pyridine rings is 1. The minimum absolute atomic E-state index is 0.134. The van der Waals surface area contributed by atoms with E-state index in [4.69, 9.17) is 11.6 Å². The van der Waals surface area contributed by atoms with Crippen molar-refractivity contribution in [2.45, 2.75) is 6.54 Å². The lowest BCUT2D eigenvalue weighted by Gasteiger charge is -2.05. The fourth-order valence-corrected chi connectivity index (χ4v) is 2.06. The van der Waals surface area contributed by atoms with E-state index in [1.165, 1.54) is 6.07 Å². The predicted molar refractivity (Wildman–Crippen MR) is 68.0 cm³/mol. The zero-order valence-electron chi connectivity index (χ0n) is 9.35. The highest BCUT2D eigenvalue weighted by atomic mass is 35.5. The Morgan fingerprint density at radius 3 is 2.94 bits per heavy atom. The summed E-state index contributed by atoms with van der Waals surface area (Å²) in [4.78, 5) is 8.36. The molecule has 0 atom stereocenters. The lowest BCUT2D eigenvalue weighted by Crippen LogP contribution is -1.98. The highest BCUT2D eigenvalue weighted by Crippen LogP contribution is 2.18. The van der Waals surface area contributed by atoms with Gasteiger partial charge < -0.3 is 4.57 Å². The van der Waals surface area contributed by atoms with E-state index in [9.17, 15) is 4.39 Å². The van der Waals surface area contributed by atoms with Crippen LogP contribution < -0.4 is 0 Å². The van der Waals surface area contributed by atoms with Gasteiger partial charge in [0, 0.05) is 12.7 Å². The maximum absolute atomic E-state index is 13.1. The molecule has 3 nitrogen and oxygen atoms in total. The average molecular weight is 262 g/mol. The third-order valence-corrected chi connectivity index (χ3v) is 3.02. The number of aromatic nitrogens is 3. The van der Waals surface area contributed by atoms with Gasteiger partial charge in [0.2, 0.25) is 0 Å². The van der Waals surface area contributed by atoms with Crippen molar-refractivity contribution in [3.63, 3.8) is 0 Å². The summed E-state index contributed by atoms with van der Waals surface area (Å²) >= 11 is 5.76. The number of rotatable bonds is 2. The molecular formula is C13H9ClFN3. The van der Waals surface area contributed by atoms with Crippen LogP contribution >= 0.6 is 11.6 Å². The third kappa shape index (κ3) is 1.95. The molecule has 0 radical (unpaired) electrons. The molecule has 0 bridgehead atoms. The molecule has 0 spiro atoms. The number of nitrogens with zero attached hydrogens (tertiary/aromatic N) is 3. The van der Waals surface area contributed by atoms with Crippen molar-refractivity contribution in [2.24, 2.45) is 0 Å². The van der Waals surface area contributed by atoms with E-state index >= 15 is 0 Å². The van der Waals surface area contributed by atoms with Crippen molar-refractivity contribution in [1.29, 1.82) is 0 Å². The topological polar surface area (TPSA) is 30.7 Å². The van der Waals surface area contributed by atoms with Gasteiger partial charge in [-0.1, -0.05) is 17.7 Å². The minimum Gasteiger partial charge on any atom is -0.325 e. The third-order valence-electron chi connectivity index (χ3n) is 2.73. The van der Waals surface area contributed by atoms with Gasteiger partial charge in [-0.15, -0.1) is 0 Å². The molecule has 3 rings (SSSR count). The Morgan fingerprint density at radius 1 is 1.22 bits per heavy atom. The summed E-state index contributed by atoms with van der Waals surface area (Å²) in [6.45, 7) is 0.586. The summed E-state index contributed by atoms with van der Waals surface area (Å²) in [5, 5.41) is 0.134. The summed E-state index contributed by atoms with van der Waals surface area (Å²) in [5.41, 5.74) is 2.56. The van der Waals surface area contributed by atoms with Crippen molar-refractivity contribution in [2.75, 3.05) is 0 Å². The van der Waals surface area contributed by atoms with E-state index in [2.05, 4.69) is 9.97 Å². The molecule has 1 aromatic carbocycles. The molecule has 0 amide bonds. The van der Waals surface area contributed by atoms with Crippen LogP contribution in [0.15, 0.2) is 42.9 Å². The second-order valence-electron chi connectivity index (χ2n) is 3.97. The molecule has 2 aromatic heterocycles. The van der Waals surface area contributed by atoms with Gasteiger partial charge >= 0.3 is 0 Å². The van der Waals surface area contributed by atoms with Crippen molar-refractivity contribution < 1.29 is 4.39 Å². The first-order valence-electron chi connectivity index (χ1n) is 5.44. The van der Waals surface area contributed by atoms with Gasteiger partial charge in [0.25, 0.3) is 0 Å². The first-order chi connectivity index (χ1) is 8.74. The molecule has 0 unspecified atom stereocenters. The quantitative estimate of drug-likeness (QED) is 0.709. The molecule has 0 saturated heterocycles. The predicted octanol–water partition coefficient (Wildman–Crippen LogP) is 3.27. The SMILES string of the molecule is Fc1ccc(Cn2cnc3ncccc32)cc1Cl. The fourth-order valence-electron chi connectivity index (χ4n) is 1.86. The largest absolute Gasteiger partial charge is 0.325 e. The number of halogens is 2. The number of hydrogen-bond donors (Lipinski definition) is 0. The molecule has 0 aliphatic heterocycles. The molecule has 0 fully saturated rings. The Balaban J connectivity index is 1.98. The van der Waals surface area contributed by atoms with Crippen LogP contribution in [0, 0.1) is 5.82 Å². The summed E-state index contributed by atoms with van der Waals surface area (Å²) < 4.78 is 15.0. The van der Waals surface area contributed by atoms with Gasteiger partial charge in [0.15, 0.2) is 5.65 Å². The summed E-state index contributed by atoms with van der Waals surface area (Å²) in [7, 11) is 0. The van der Waals surface area contributed by atoms with Crippen LogP contribution in [0.2, 0.25) is 5.02 Å². The van der Waals surface area contributed by atoms with Crippen LogP contribution in [0.3, 0.4) is 0 Å². The monoisotopic (exact) mass is 261 g/mol. The van der Waals surface area contributed by atoms with E-state index in [0.29, 0.717) is 12.2 Å². The first kappa shape index (κ1) is 11.2. The van der Waals surface area contributed by atoms with Gasteiger partial charge in [-0.3, -0.25) is 0 Å². The lowest BCUT2D eigenvalue weighted by molar-refractivity contribution is 0.627. The summed E-state index contributed by atoms with van der Waals surface area (Å²) in [6, 6.07) is 8.51. The van der Waals surface area contributed by atoms with Crippen LogP contribution in [0.5, 0.6) is 0 Å². The number of imidazole rings is 1. The normalized spacial score (nSPS) is 11.0. The van der Waals surface area contributed by atoms with Gasteiger partial charge in [0.05, 0.1) is 16.9 Å². The Kier molecular flexibility index (Phi) is 2.72. The molecule has 0 aliphatic carbocycles. The summed E-state index contributed by atoms with van der Waals surface area (Å²) in [5.74, 6) is -0.405. The molecule has 0 saturated carbocycles. The number of benzene rings is 1. The van der Waals surface area contributed by atoms with Crippen LogP contribution in [-0.2, 0) is 6.54 Å². The number of fused-ring (bicyclic) bond motifs is 1. The standard InChI is InChI=1S/C13H9ClFN3/c14-10-6-9(3-4-11(10)15)7-18-8-17-13-12(18)2-1-5-16-13/h1-6,8H,7H2. The smallest absolute Gasteiger partial charge is 0.177 e. The Bertz CT molecular complexity index is 708. The molecule has 0 N–H and O–H groups in total. The van der Waals surface area contributed by atoms with E-state index in [-0.39, 0.29) is 5.02 Å². The van der Waals surface area contributed by atoms with E-state index in [1.807, 2.05) is 16.7 Å². The molecule has 18 heavy (non-hydrogen) atoms. The zero-order chi connectivity index (χ0) is 12.5. The van der Waals surface area contributed by atoms with Crippen LogP contribution in [0.4, 0.5) is 4.39 Å². The van der Waals surface area contributed by atoms with Crippen LogP contribution in [0.25, 0.3) is 11.2 Å². The van der Waals surface area contributed by atoms with Gasteiger partial charge in [-0.25, -0.2) is 14.4 Å². The maximum atomic E-state index is 13.1. The van der Waals surface area contributed by atoms with Gasteiger partial charge in [-0.2, -0.15) is 0 Å². The second-order valence-corrected chi connectivity index (χ2v) is 4.37. The van der Waals surface area contributed by atoms with Crippen molar-refractivity contribution in [3.8, 4) is 0 Å². The average Bonchev–Trinajstić information content (AvgIpc) is 2.78. The van der Waals surface area contributed by atoms with E-state index < -0.39 is 5.82 Å². The zero-order valence-corrected chi connectivity index (χ0v) is 10.1. The van der Waals surface area contributed by atoms with Gasteiger partial charge in [-0.05, 0) is 29.8 Å². The van der Waals surface area contributed by atoms with Crippen LogP contribution in [0.1, 0.15) is 5.56 Å². The minimum atomic E-state index is -0.405.